The third-order valence-corrected chi connectivity index (χ3v) is 2.78. The number of sulfonamides is 1. The van der Waals surface area contributed by atoms with Crippen molar-refractivity contribution in [3.63, 3.8) is 0 Å². The maximum atomic E-state index is 13.4. The molecular formula is C7H8FN3O4S. The van der Waals surface area contributed by atoms with Crippen molar-refractivity contribution in [2.75, 3.05) is 12.4 Å². The summed E-state index contributed by atoms with van der Waals surface area (Å²) < 4.78 is 35.4. The highest BCUT2D eigenvalue weighted by Gasteiger charge is 2.23. The molecule has 0 bridgehead atoms. The second-order valence-electron chi connectivity index (χ2n) is 2.86. The number of nitrogens with two attached hydrogens (primary N) is 1. The molecular weight excluding hydrogens is 241 g/mol. The molecule has 0 aromatic heterocycles. The third-order valence-electron chi connectivity index (χ3n) is 1.79. The highest BCUT2D eigenvalue weighted by Crippen LogP contribution is 2.28. The van der Waals surface area contributed by atoms with E-state index in [4.69, 9.17) is 5.14 Å². The summed E-state index contributed by atoms with van der Waals surface area (Å²) >= 11 is 0. The van der Waals surface area contributed by atoms with E-state index in [2.05, 4.69) is 5.32 Å². The van der Waals surface area contributed by atoms with Gasteiger partial charge in [0.1, 0.15) is 4.90 Å². The number of halogens is 1. The Hall–Kier alpha value is -1.74. The van der Waals surface area contributed by atoms with Crippen molar-refractivity contribution in [3.05, 3.63) is 28.1 Å². The molecule has 3 N–H and O–H groups in total. The first-order valence-corrected chi connectivity index (χ1v) is 5.50. The molecule has 0 radical (unpaired) electrons. The molecule has 0 saturated carbocycles. The van der Waals surface area contributed by atoms with Crippen LogP contribution in [0.25, 0.3) is 0 Å². The average Bonchev–Trinajstić information content (AvgIpc) is 2.14. The zero-order valence-electron chi connectivity index (χ0n) is 8.10. The number of benzene rings is 1. The molecule has 1 aromatic carbocycles. The third kappa shape index (κ3) is 2.25. The number of non-ortho nitro benzene ring substituents is 1. The van der Waals surface area contributed by atoms with Crippen molar-refractivity contribution in [2.45, 2.75) is 4.90 Å². The normalized spacial score (nSPS) is 11.2. The largest absolute Gasteiger partial charge is 0.387 e. The van der Waals surface area contributed by atoms with Crippen molar-refractivity contribution in [2.24, 2.45) is 5.14 Å². The van der Waals surface area contributed by atoms with Crippen molar-refractivity contribution in [1.29, 1.82) is 0 Å². The number of anilines is 1. The zero-order chi connectivity index (χ0) is 12.5. The summed E-state index contributed by atoms with van der Waals surface area (Å²) in [4.78, 5) is 8.79. The minimum atomic E-state index is -4.28. The molecule has 0 heterocycles. The SMILES string of the molecule is CNc1cc([N+](=O)[O-])cc(F)c1S(N)(=O)=O. The van der Waals surface area contributed by atoms with Crippen LogP contribution in [0.1, 0.15) is 0 Å². The molecule has 0 amide bonds. The Morgan fingerprint density at radius 3 is 2.44 bits per heavy atom. The van der Waals surface area contributed by atoms with Crippen molar-refractivity contribution in [1.82, 2.24) is 0 Å². The average molecular weight is 249 g/mol. The van der Waals surface area contributed by atoms with Crippen LogP contribution in [0.5, 0.6) is 0 Å². The van der Waals surface area contributed by atoms with Gasteiger partial charge in [-0.2, -0.15) is 0 Å². The number of rotatable bonds is 3. The Morgan fingerprint density at radius 2 is 2.06 bits per heavy atom. The fraction of sp³-hybridized carbons (Fsp3) is 0.143. The first-order valence-electron chi connectivity index (χ1n) is 3.96. The van der Waals surface area contributed by atoms with E-state index in [0.29, 0.717) is 6.07 Å². The number of nitrogens with zero attached hydrogens (tertiary/aromatic N) is 1. The Morgan fingerprint density at radius 1 is 1.50 bits per heavy atom. The summed E-state index contributed by atoms with van der Waals surface area (Å²) in [6.45, 7) is 0. The van der Waals surface area contributed by atoms with Crippen LogP contribution in [0.4, 0.5) is 15.8 Å². The van der Waals surface area contributed by atoms with Crippen molar-refractivity contribution in [3.8, 4) is 0 Å². The van der Waals surface area contributed by atoms with Gasteiger partial charge in [-0.3, -0.25) is 10.1 Å². The van der Waals surface area contributed by atoms with Gasteiger partial charge in [-0.15, -0.1) is 0 Å². The van der Waals surface area contributed by atoms with Crippen LogP contribution in [0.2, 0.25) is 0 Å². The maximum Gasteiger partial charge on any atom is 0.274 e. The molecule has 0 aliphatic carbocycles. The molecule has 88 valence electrons. The van der Waals surface area contributed by atoms with Crippen LogP contribution in [0, 0.1) is 15.9 Å². The van der Waals surface area contributed by atoms with Gasteiger partial charge >= 0.3 is 0 Å². The molecule has 0 atom stereocenters. The van der Waals surface area contributed by atoms with E-state index in [1.807, 2.05) is 0 Å². The van der Waals surface area contributed by atoms with E-state index in [0.717, 1.165) is 6.07 Å². The Balaban J connectivity index is 3.59. The molecule has 0 fully saturated rings. The van der Waals surface area contributed by atoms with Gasteiger partial charge in [-0.1, -0.05) is 0 Å². The molecule has 0 aliphatic heterocycles. The van der Waals surface area contributed by atoms with Crippen LogP contribution >= 0.6 is 0 Å². The zero-order valence-corrected chi connectivity index (χ0v) is 8.91. The number of nitro groups is 1. The lowest BCUT2D eigenvalue weighted by Gasteiger charge is -2.07. The van der Waals surface area contributed by atoms with Gasteiger partial charge in [-0.05, 0) is 0 Å². The highest BCUT2D eigenvalue weighted by molar-refractivity contribution is 7.89. The second kappa shape index (κ2) is 4.02. The van der Waals surface area contributed by atoms with E-state index < -0.39 is 31.3 Å². The van der Waals surface area contributed by atoms with Crippen molar-refractivity contribution < 1.29 is 17.7 Å². The Labute approximate surface area is 90.3 Å². The Bertz CT molecular complexity index is 543. The molecule has 0 unspecified atom stereocenters. The second-order valence-corrected chi connectivity index (χ2v) is 4.35. The highest BCUT2D eigenvalue weighted by atomic mass is 32.2. The van der Waals surface area contributed by atoms with Gasteiger partial charge in [0.15, 0.2) is 5.82 Å². The van der Waals surface area contributed by atoms with Crippen LogP contribution < -0.4 is 10.5 Å². The number of hydrogen-bond acceptors (Lipinski definition) is 5. The molecule has 0 spiro atoms. The Kier molecular flexibility index (Phi) is 3.10. The van der Waals surface area contributed by atoms with Crippen LogP contribution in [0.15, 0.2) is 17.0 Å². The molecule has 0 aliphatic rings. The van der Waals surface area contributed by atoms with Crippen LogP contribution in [0.3, 0.4) is 0 Å². The maximum absolute atomic E-state index is 13.4. The summed E-state index contributed by atoms with van der Waals surface area (Å²) in [6.07, 6.45) is 0. The first kappa shape index (κ1) is 12.3. The number of nitro benzene ring substituents is 1. The predicted octanol–water partition coefficient (Wildman–Crippen LogP) is 0.423. The summed E-state index contributed by atoms with van der Waals surface area (Å²) in [5, 5.41) is 17.5. The number of hydrogen-bond donors (Lipinski definition) is 2. The molecule has 1 aromatic rings. The van der Waals surface area contributed by atoms with E-state index in [-0.39, 0.29) is 5.69 Å². The minimum absolute atomic E-state index is 0.255. The van der Waals surface area contributed by atoms with Gasteiger partial charge in [0, 0.05) is 13.1 Å². The fourth-order valence-electron chi connectivity index (χ4n) is 1.16. The monoisotopic (exact) mass is 249 g/mol. The van der Waals surface area contributed by atoms with E-state index in [9.17, 15) is 22.9 Å². The van der Waals surface area contributed by atoms with E-state index in [1.54, 1.807) is 0 Å². The standard InChI is InChI=1S/C7H8FN3O4S/c1-10-6-3-4(11(12)13)2-5(8)7(6)16(9,14)15/h2-3,10H,1H3,(H2,9,14,15). The molecule has 9 heteroatoms. The lowest BCUT2D eigenvalue weighted by Crippen LogP contribution is -2.16. The summed E-state index contributed by atoms with van der Waals surface area (Å²) in [7, 11) is -2.98. The van der Waals surface area contributed by atoms with E-state index >= 15 is 0 Å². The molecule has 1 rings (SSSR count). The van der Waals surface area contributed by atoms with Crippen molar-refractivity contribution >= 4 is 21.4 Å². The molecule has 0 saturated heterocycles. The number of nitrogens with one attached hydrogen (secondary N) is 1. The molecule has 7 nitrogen and oxygen atoms in total. The summed E-state index contributed by atoms with van der Waals surface area (Å²) in [5.41, 5.74) is -0.816. The quantitative estimate of drug-likeness (QED) is 0.595. The lowest BCUT2D eigenvalue weighted by atomic mass is 10.2. The number of primary sulfonamides is 1. The lowest BCUT2D eigenvalue weighted by molar-refractivity contribution is -0.385. The minimum Gasteiger partial charge on any atom is -0.387 e. The van der Waals surface area contributed by atoms with Gasteiger partial charge in [0.2, 0.25) is 10.0 Å². The van der Waals surface area contributed by atoms with Crippen LogP contribution in [-0.2, 0) is 10.0 Å². The van der Waals surface area contributed by atoms with Gasteiger partial charge in [0.25, 0.3) is 5.69 Å². The van der Waals surface area contributed by atoms with E-state index in [1.165, 1.54) is 7.05 Å². The summed E-state index contributed by atoms with van der Waals surface area (Å²) in [5.74, 6) is -1.26. The van der Waals surface area contributed by atoms with Gasteiger partial charge in [0.05, 0.1) is 16.7 Å². The summed E-state index contributed by atoms with van der Waals surface area (Å²) in [6, 6.07) is 1.39. The van der Waals surface area contributed by atoms with Gasteiger partial charge < -0.3 is 5.32 Å². The fourth-order valence-corrected chi connectivity index (χ4v) is 1.96. The predicted molar refractivity (Wildman–Crippen MR) is 54.0 cm³/mol. The smallest absolute Gasteiger partial charge is 0.274 e. The molecule has 16 heavy (non-hydrogen) atoms. The van der Waals surface area contributed by atoms with Crippen LogP contribution in [-0.4, -0.2) is 20.4 Å². The topological polar surface area (TPSA) is 115 Å². The van der Waals surface area contributed by atoms with Gasteiger partial charge in [-0.25, -0.2) is 17.9 Å². The first-order chi connectivity index (χ1) is 7.27.